The van der Waals surface area contributed by atoms with Gasteiger partial charge in [0, 0.05) is 5.69 Å². The summed E-state index contributed by atoms with van der Waals surface area (Å²) < 4.78 is 0. The average molecular weight is 419 g/mol. The van der Waals surface area contributed by atoms with E-state index in [2.05, 4.69) is 10.6 Å². The van der Waals surface area contributed by atoms with Gasteiger partial charge < -0.3 is 10.6 Å². The van der Waals surface area contributed by atoms with E-state index in [0.717, 1.165) is 22.4 Å². The SMILES string of the molecule is Cc1ccc(NC(=O)CSCC(=O)NC(C)(c2ccccc2)c2ccccc2)cc1. The first-order valence-corrected chi connectivity index (χ1v) is 11.0. The molecule has 0 aliphatic heterocycles. The van der Waals surface area contributed by atoms with Gasteiger partial charge in [-0.15, -0.1) is 11.8 Å². The molecule has 3 rings (SSSR count). The van der Waals surface area contributed by atoms with Crippen LogP contribution in [0.2, 0.25) is 0 Å². The Labute approximate surface area is 182 Å². The minimum absolute atomic E-state index is 0.113. The van der Waals surface area contributed by atoms with E-state index >= 15 is 0 Å². The molecule has 2 amide bonds. The predicted octanol–water partition coefficient (Wildman–Crippen LogP) is 4.75. The largest absolute Gasteiger partial charge is 0.342 e. The highest BCUT2D eigenvalue weighted by molar-refractivity contribution is 8.00. The van der Waals surface area contributed by atoms with Crippen molar-refractivity contribution in [2.75, 3.05) is 16.8 Å². The third-order valence-corrected chi connectivity index (χ3v) is 5.83. The summed E-state index contributed by atoms with van der Waals surface area (Å²) in [6, 6.07) is 27.5. The van der Waals surface area contributed by atoms with Crippen LogP contribution in [0.15, 0.2) is 84.9 Å². The molecule has 2 N–H and O–H groups in total. The van der Waals surface area contributed by atoms with Crippen molar-refractivity contribution >= 4 is 29.3 Å². The molecule has 0 heterocycles. The summed E-state index contributed by atoms with van der Waals surface area (Å²) in [6.45, 7) is 4.00. The van der Waals surface area contributed by atoms with E-state index in [9.17, 15) is 9.59 Å². The van der Waals surface area contributed by atoms with Gasteiger partial charge in [0.15, 0.2) is 0 Å². The molecule has 0 saturated carbocycles. The van der Waals surface area contributed by atoms with Gasteiger partial charge in [0.2, 0.25) is 11.8 Å². The third-order valence-electron chi connectivity index (χ3n) is 4.89. The molecular formula is C25H26N2O2S. The summed E-state index contributed by atoms with van der Waals surface area (Å²) in [4.78, 5) is 24.9. The van der Waals surface area contributed by atoms with Gasteiger partial charge >= 0.3 is 0 Å². The quantitative estimate of drug-likeness (QED) is 0.555. The molecule has 30 heavy (non-hydrogen) atoms. The van der Waals surface area contributed by atoms with Crippen LogP contribution in [0.3, 0.4) is 0 Å². The lowest BCUT2D eigenvalue weighted by atomic mass is 9.84. The van der Waals surface area contributed by atoms with E-state index < -0.39 is 5.54 Å². The molecule has 5 heteroatoms. The summed E-state index contributed by atoms with van der Waals surface area (Å²) in [5.41, 5.74) is 3.26. The number of anilines is 1. The molecule has 0 atom stereocenters. The van der Waals surface area contributed by atoms with Crippen LogP contribution >= 0.6 is 11.8 Å². The average Bonchev–Trinajstić information content (AvgIpc) is 2.76. The monoisotopic (exact) mass is 418 g/mol. The minimum atomic E-state index is -0.648. The van der Waals surface area contributed by atoms with Gasteiger partial charge in [-0.1, -0.05) is 78.4 Å². The van der Waals surface area contributed by atoms with Crippen LogP contribution in [-0.4, -0.2) is 23.3 Å². The first-order chi connectivity index (χ1) is 14.5. The van der Waals surface area contributed by atoms with E-state index in [-0.39, 0.29) is 23.3 Å². The normalized spacial score (nSPS) is 11.0. The van der Waals surface area contributed by atoms with E-state index in [1.807, 2.05) is 98.8 Å². The van der Waals surface area contributed by atoms with Crippen molar-refractivity contribution in [3.05, 3.63) is 102 Å². The topological polar surface area (TPSA) is 58.2 Å². The number of nitrogens with one attached hydrogen (secondary N) is 2. The van der Waals surface area contributed by atoms with E-state index in [0.29, 0.717) is 0 Å². The van der Waals surface area contributed by atoms with Gasteiger partial charge in [0.25, 0.3) is 0 Å². The van der Waals surface area contributed by atoms with Crippen LogP contribution in [-0.2, 0) is 15.1 Å². The smallest absolute Gasteiger partial charge is 0.234 e. The van der Waals surface area contributed by atoms with Crippen LogP contribution in [0.1, 0.15) is 23.6 Å². The number of carbonyl (C=O) groups is 2. The number of aryl methyl sites for hydroxylation is 1. The molecule has 0 bridgehead atoms. The fourth-order valence-corrected chi connectivity index (χ4v) is 3.86. The number of hydrogen-bond donors (Lipinski definition) is 2. The Morgan fingerprint density at radius 3 is 1.80 bits per heavy atom. The van der Waals surface area contributed by atoms with Gasteiger partial charge in [-0.25, -0.2) is 0 Å². The predicted molar refractivity (Wildman–Crippen MR) is 125 cm³/mol. The maximum Gasteiger partial charge on any atom is 0.234 e. The zero-order valence-electron chi connectivity index (χ0n) is 17.2. The van der Waals surface area contributed by atoms with Crippen molar-refractivity contribution < 1.29 is 9.59 Å². The lowest BCUT2D eigenvalue weighted by Crippen LogP contribution is -2.45. The van der Waals surface area contributed by atoms with E-state index in [1.165, 1.54) is 11.8 Å². The molecule has 3 aromatic carbocycles. The highest BCUT2D eigenvalue weighted by Gasteiger charge is 2.30. The second-order valence-electron chi connectivity index (χ2n) is 7.31. The van der Waals surface area contributed by atoms with Crippen molar-refractivity contribution in [2.24, 2.45) is 0 Å². The van der Waals surface area contributed by atoms with Crippen LogP contribution in [0.25, 0.3) is 0 Å². The Kier molecular flexibility index (Phi) is 7.31. The van der Waals surface area contributed by atoms with Crippen LogP contribution in [0.5, 0.6) is 0 Å². The maximum absolute atomic E-state index is 12.7. The lowest BCUT2D eigenvalue weighted by molar-refractivity contribution is -0.120. The molecule has 0 fully saturated rings. The molecule has 0 spiro atoms. The zero-order chi connectivity index (χ0) is 21.4. The van der Waals surface area contributed by atoms with Gasteiger partial charge in [-0.3, -0.25) is 9.59 Å². The zero-order valence-corrected chi connectivity index (χ0v) is 18.0. The molecule has 154 valence electrons. The van der Waals surface area contributed by atoms with Crippen molar-refractivity contribution in [1.82, 2.24) is 5.32 Å². The molecular weight excluding hydrogens is 392 g/mol. The van der Waals surface area contributed by atoms with Gasteiger partial charge in [-0.05, 0) is 37.1 Å². The van der Waals surface area contributed by atoms with E-state index in [4.69, 9.17) is 0 Å². The Balaban J connectivity index is 1.58. The minimum Gasteiger partial charge on any atom is -0.342 e. The molecule has 0 aromatic heterocycles. The molecule has 0 unspecified atom stereocenters. The third kappa shape index (κ3) is 5.74. The van der Waals surface area contributed by atoms with Gasteiger partial charge in [0.05, 0.1) is 17.0 Å². The molecule has 0 aliphatic rings. The first kappa shape index (κ1) is 21.7. The number of amides is 2. The highest BCUT2D eigenvalue weighted by atomic mass is 32.2. The van der Waals surface area contributed by atoms with Crippen molar-refractivity contribution in [3.63, 3.8) is 0 Å². The highest BCUT2D eigenvalue weighted by Crippen LogP contribution is 2.29. The number of rotatable bonds is 8. The number of carbonyl (C=O) groups excluding carboxylic acids is 2. The number of benzene rings is 3. The Hall–Kier alpha value is -3.05. The van der Waals surface area contributed by atoms with Crippen LogP contribution < -0.4 is 10.6 Å². The summed E-state index contributed by atoms with van der Waals surface area (Å²) in [5, 5.41) is 6.02. The first-order valence-electron chi connectivity index (χ1n) is 9.84. The maximum atomic E-state index is 12.7. The summed E-state index contributed by atoms with van der Waals surface area (Å²) in [5.74, 6) is 0.189. The molecule has 0 radical (unpaired) electrons. The summed E-state index contributed by atoms with van der Waals surface area (Å²) in [7, 11) is 0. The summed E-state index contributed by atoms with van der Waals surface area (Å²) >= 11 is 1.30. The van der Waals surface area contributed by atoms with Crippen molar-refractivity contribution in [2.45, 2.75) is 19.4 Å². The van der Waals surface area contributed by atoms with Gasteiger partial charge in [0.1, 0.15) is 0 Å². The molecule has 4 nitrogen and oxygen atoms in total. The Bertz CT molecular complexity index is 934. The Morgan fingerprint density at radius 2 is 1.27 bits per heavy atom. The fourth-order valence-electron chi connectivity index (χ4n) is 3.24. The van der Waals surface area contributed by atoms with E-state index in [1.54, 1.807) is 0 Å². The van der Waals surface area contributed by atoms with Crippen LogP contribution in [0, 0.1) is 6.92 Å². The molecule has 3 aromatic rings. The molecule has 0 saturated heterocycles. The van der Waals surface area contributed by atoms with Crippen molar-refractivity contribution in [3.8, 4) is 0 Å². The lowest BCUT2D eigenvalue weighted by Gasteiger charge is -2.32. The van der Waals surface area contributed by atoms with Gasteiger partial charge in [-0.2, -0.15) is 0 Å². The fraction of sp³-hybridized carbons (Fsp3) is 0.200. The molecule has 0 aliphatic carbocycles. The number of hydrogen-bond acceptors (Lipinski definition) is 3. The van der Waals surface area contributed by atoms with Crippen LogP contribution in [0.4, 0.5) is 5.69 Å². The summed E-state index contributed by atoms with van der Waals surface area (Å²) in [6.07, 6.45) is 0. The second kappa shape index (κ2) is 10.1. The Morgan fingerprint density at radius 1 is 0.767 bits per heavy atom. The standard InChI is InChI=1S/C25H26N2O2S/c1-19-13-15-22(16-14-19)26-23(28)17-30-18-24(29)27-25(2,20-9-5-3-6-10-20)21-11-7-4-8-12-21/h3-16H,17-18H2,1-2H3,(H,26,28)(H,27,29). The second-order valence-corrected chi connectivity index (χ2v) is 8.30. The number of thioether (sulfide) groups is 1. The van der Waals surface area contributed by atoms with Crippen molar-refractivity contribution in [1.29, 1.82) is 0 Å².